The van der Waals surface area contributed by atoms with Crippen LogP contribution in [0, 0.1) is 0 Å². The maximum absolute atomic E-state index is 4.34. The summed E-state index contributed by atoms with van der Waals surface area (Å²) < 4.78 is 0. The zero-order valence-corrected chi connectivity index (χ0v) is 9.38. The molecule has 0 saturated heterocycles. The summed E-state index contributed by atoms with van der Waals surface area (Å²) in [6.45, 7) is 6.29. The highest BCUT2D eigenvalue weighted by Gasteiger charge is 1.87. The lowest BCUT2D eigenvalue weighted by Gasteiger charge is -2.06. The van der Waals surface area contributed by atoms with Crippen LogP contribution < -0.4 is 0 Å². The van der Waals surface area contributed by atoms with Crippen molar-refractivity contribution in [3.8, 4) is 0 Å². The van der Waals surface area contributed by atoms with Crippen LogP contribution in [0.2, 0.25) is 0 Å². The van der Waals surface area contributed by atoms with Gasteiger partial charge in [0, 0.05) is 12.8 Å². The zero-order chi connectivity index (χ0) is 10.1. The van der Waals surface area contributed by atoms with Gasteiger partial charge in [-0.25, -0.2) is 0 Å². The van der Waals surface area contributed by atoms with Crippen LogP contribution in [0.1, 0.15) is 26.7 Å². The lowest BCUT2D eigenvalue weighted by Crippen LogP contribution is -2.13. The van der Waals surface area contributed by atoms with E-state index in [-0.39, 0.29) is 0 Å². The molecule has 0 heterocycles. The molecule has 0 unspecified atom stereocenters. The first-order chi connectivity index (χ1) is 6.16. The first kappa shape index (κ1) is 12.4. The Morgan fingerprint density at radius 1 is 1.38 bits per heavy atom. The summed E-state index contributed by atoms with van der Waals surface area (Å²) in [6.07, 6.45) is 6.40. The number of aliphatic imine (C=N–C) groups is 1. The van der Waals surface area contributed by atoms with Crippen LogP contribution in [0.5, 0.6) is 0 Å². The van der Waals surface area contributed by atoms with E-state index in [0.717, 1.165) is 25.9 Å². The maximum Gasteiger partial charge on any atom is 0.0401 e. The average molecular weight is 182 g/mol. The van der Waals surface area contributed by atoms with Crippen LogP contribution >= 0.6 is 0 Å². The van der Waals surface area contributed by atoms with Crippen LogP contribution in [0.15, 0.2) is 16.6 Å². The van der Waals surface area contributed by atoms with Crippen molar-refractivity contribution in [1.82, 2.24) is 4.90 Å². The van der Waals surface area contributed by atoms with Crippen LogP contribution in [0.3, 0.4) is 0 Å². The standard InChI is InChI=1S/C11H22N2/c1-5-7-11(2)10-12-8-6-9-13(3)4/h7,10H,5-6,8-9H2,1-4H3. The Labute approximate surface area is 82.4 Å². The predicted molar refractivity (Wildman–Crippen MR) is 60.6 cm³/mol. The van der Waals surface area contributed by atoms with Gasteiger partial charge in [-0.05, 0) is 46.0 Å². The van der Waals surface area contributed by atoms with Crippen molar-refractivity contribution in [2.75, 3.05) is 27.2 Å². The van der Waals surface area contributed by atoms with Crippen molar-refractivity contribution < 1.29 is 0 Å². The molecule has 0 saturated carbocycles. The minimum absolute atomic E-state index is 0.938. The Bertz CT molecular complexity index is 169. The summed E-state index contributed by atoms with van der Waals surface area (Å²) >= 11 is 0. The van der Waals surface area contributed by atoms with Gasteiger partial charge in [-0.3, -0.25) is 4.99 Å². The van der Waals surface area contributed by atoms with E-state index in [1.165, 1.54) is 5.57 Å². The van der Waals surface area contributed by atoms with E-state index < -0.39 is 0 Å². The Morgan fingerprint density at radius 2 is 2.08 bits per heavy atom. The van der Waals surface area contributed by atoms with Gasteiger partial charge in [0.05, 0.1) is 0 Å². The molecule has 0 amide bonds. The highest BCUT2D eigenvalue weighted by Crippen LogP contribution is 1.91. The van der Waals surface area contributed by atoms with Gasteiger partial charge in [-0.1, -0.05) is 13.0 Å². The van der Waals surface area contributed by atoms with E-state index in [4.69, 9.17) is 0 Å². The van der Waals surface area contributed by atoms with Gasteiger partial charge in [-0.15, -0.1) is 0 Å². The molecule has 0 atom stereocenters. The summed E-state index contributed by atoms with van der Waals surface area (Å²) in [6, 6.07) is 0. The van der Waals surface area contributed by atoms with Gasteiger partial charge in [0.1, 0.15) is 0 Å². The van der Waals surface area contributed by atoms with Crippen LogP contribution in [-0.4, -0.2) is 38.3 Å². The molecule has 2 heteroatoms. The molecule has 2 nitrogen and oxygen atoms in total. The largest absolute Gasteiger partial charge is 0.309 e. The minimum Gasteiger partial charge on any atom is -0.309 e. The van der Waals surface area contributed by atoms with Crippen molar-refractivity contribution in [1.29, 1.82) is 0 Å². The molecule has 0 aliphatic heterocycles. The van der Waals surface area contributed by atoms with Gasteiger partial charge in [0.25, 0.3) is 0 Å². The van der Waals surface area contributed by atoms with Gasteiger partial charge in [-0.2, -0.15) is 0 Å². The lowest BCUT2D eigenvalue weighted by atomic mass is 10.3. The van der Waals surface area contributed by atoms with E-state index >= 15 is 0 Å². The topological polar surface area (TPSA) is 15.6 Å². The molecule has 0 fully saturated rings. The smallest absolute Gasteiger partial charge is 0.0401 e. The molecule has 0 aromatic carbocycles. The number of hydrogen-bond acceptors (Lipinski definition) is 2. The third-order valence-corrected chi connectivity index (χ3v) is 1.71. The SMILES string of the molecule is CCC=C(C)C=NCCCN(C)C. The van der Waals surface area contributed by atoms with Gasteiger partial charge in [0.2, 0.25) is 0 Å². The highest BCUT2D eigenvalue weighted by molar-refractivity contribution is 5.77. The molecule has 0 radical (unpaired) electrons. The molecule has 0 aromatic rings. The third-order valence-electron chi connectivity index (χ3n) is 1.71. The Kier molecular flexibility index (Phi) is 7.60. The number of hydrogen-bond donors (Lipinski definition) is 0. The fourth-order valence-corrected chi connectivity index (χ4v) is 1.06. The van der Waals surface area contributed by atoms with Crippen molar-refractivity contribution in [3.63, 3.8) is 0 Å². The maximum atomic E-state index is 4.34. The van der Waals surface area contributed by atoms with E-state index in [9.17, 15) is 0 Å². The van der Waals surface area contributed by atoms with Crippen molar-refractivity contribution in [2.45, 2.75) is 26.7 Å². The van der Waals surface area contributed by atoms with E-state index in [0.29, 0.717) is 0 Å². The van der Waals surface area contributed by atoms with Crippen molar-refractivity contribution in [3.05, 3.63) is 11.6 Å². The van der Waals surface area contributed by atoms with Crippen LogP contribution in [-0.2, 0) is 0 Å². The molecule has 0 N–H and O–H groups in total. The van der Waals surface area contributed by atoms with Crippen LogP contribution in [0.25, 0.3) is 0 Å². The Balaban J connectivity index is 3.46. The summed E-state index contributed by atoms with van der Waals surface area (Å²) in [5, 5.41) is 0. The second-order valence-electron chi connectivity index (χ2n) is 3.55. The molecule has 0 bridgehead atoms. The molecule has 0 aliphatic carbocycles. The van der Waals surface area contributed by atoms with Gasteiger partial charge in [0.15, 0.2) is 0 Å². The number of nitrogens with zero attached hydrogens (tertiary/aromatic N) is 2. The number of rotatable bonds is 6. The zero-order valence-electron chi connectivity index (χ0n) is 9.38. The molecule has 76 valence electrons. The van der Waals surface area contributed by atoms with Gasteiger partial charge >= 0.3 is 0 Å². The molecular formula is C11H22N2. The minimum atomic E-state index is 0.938. The Morgan fingerprint density at radius 3 is 2.62 bits per heavy atom. The summed E-state index contributed by atoms with van der Waals surface area (Å²) in [5.74, 6) is 0. The van der Waals surface area contributed by atoms with E-state index in [2.05, 4.69) is 43.9 Å². The average Bonchev–Trinajstić information content (AvgIpc) is 2.03. The molecule has 0 spiro atoms. The molecule has 0 rings (SSSR count). The van der Waals surface area contributed by atoms with Crippen molar-refractivity contribution >= 4 is 6.21 Å². The molecule has 0 aromatic heterocycles. The fraction of sp³-hybridized carbons (Fsp3) is 0.727. The second kappa shape index (κ2) is 7.99. The van der Waals surface area contributed by atoms with Gasteiger partial charge < -0.3 is 4.90 Å². The van der Waals surface area contributed by atoms with Crippen molar-refractivity contribution in [2.24, 2.45) is 4.99 Å². The normalized spacial score (nSPS) is 13.2. The summed E-state index contributed by atoms with van der Waals surface area (Å²) in [5.41, 5.74) is 1.27. The summed E-state index contributed by atoms with van der Waals surface area (Å²) in [7, 11) is 4.18. The van der Waals surface area contributed by atoms with Crippen LogP contribution in [0.4, 0.5) is 0 Å². The summed E-state index contributed by atoms with van der Waals surface area (Å²) in [4.78, 5) is 6.53. The number of allylic oxidation sites excluding steroid dienone is 2. The first-order valence-electron chi connectivity index (χ1n) is 4.98. The first-order valence-corrected chi connectivity index (χ1v) is 4.98. The molecular weight excluding hydrogens is 160 g/mol. The second-order valence-corrected chi connectivity index (χ2v) is 3.55. The van der Waals surface area contributed by atoms with E-state index in [1.807, 2.05) is 6.21 Å². The molecule has 0 aliphatic rings. The lowest BCUT2D eigenvalue weighted by molar-refractivity contribution is 0.403. The third kappa shape index (κ3) is 9.28. The predicted octanol–water partition coefficient (Wildman–Crippen LogP) is 2.37. The fourth-order valence-electron chi connectivity index (χ4n) is 1.06. The van der Waals surface area contributed by atoms with E-state index in [1.54, 1.807) is 0 Å². The molecule has 13 heavy (non-hydrogen) atoms. The Hall–Kier alpha value is -0.630. The monoisotopic (exact) mass is 182 g/mol. The highest BCUT2D eigenvalue weighted by atomic mass is 15.0. The quantitative estimate of drug-likeness (QED) is 0.455.